The maximum absolute atomic E-state index is 12.7. The van der Waals surface area contributed by atoms with Crippen LogP contribution in [0.15, 0.2) is 30.5 Å². The number of pyridine rings is 1. The summed E-state index contributed by atoms with van der Waals surface area (Å²) >= 11 is 0. The fourth-order valence-electron chi connectivity index (χ4n) is 3.40. The molecular formula is C19H27N5O2. The first-order chi connectivity index (χ1) is 12.7. The summed E-state index contributed by atoms with van der Waals surface area (Å²) in [7, 11) is 1.71. The molecule has 1 saturated heterocycles. The van der Waals surface area contributed by atoms with Crippen LogP contribution in [0.4, 0.5) is 5.82 Å². The van der Waals surface area contributed by atoms with Crippen LogP contribution in [0.5, 0.6) is 0 Å². The third-order valence-corrected chi connectivity index (χ3v) is 4.69. The Kier molecular flexibility index (Phi) is 6.35. The van der Waals surface area contributed by atoms with E-state index in [0.717, 1.165) is 56.9 Å². The van der Waals surface area contributed by atoms with Crippen molar-refractivity contribution in [2.75, 3.05) is 25.6 Å². The van der Waals surface area contributed by atoms with Gasteiger partial charge in [-0.15, -0.1) is 0 Å². The molecule has 2 aromatic heterocycles. The van der Waals surface area contributed by atoms with Crippen molar-refractivity contribution in [2.45, 2.75) is 45.3 Å². The zero-order chi connectivity index (χ0) is 18.4. The summed E-state index contributed by atoms with van der Waals surface area (Å²) in [5.41, 5.74) is 2.03. The molecule has 1 amide bonds. The quantitative estimate of drug-likeness (QED) is 0.734. The smallest absolute Gasteiger partial charge is 0.242 e. The molecule has 1 atom stereocenters. The predicted octanol–water partition coefficient (Wildman–Crippen LogP) is 2.23. The Morgan fingerprint density at radius 3 is 3.08 bits per heavy atom. The second-order valence-corrected chi connectivity index (χ2v) is 6.67. The number of hydrogen-bond acceptors (Lipinski definition) is 5. The van der Waals surface area contributed by atoms with Crippen molar-refractivity contribution in [3.8, 4) is 0 Å². The average Bonchev–Trinajstić information content (AvgIpc) is 3.25. The van der Waals surface area contributed by atoms with Crippen molar-refractivity contribution in [3.05, 3.63) is 41.9 Å². The number of amides is 1. The monoisotopic (exact) mass is 357 g/mol. The van der Waals surface area contributed by atoms with Crippen LogP contribution in [-0.2, 0) is 22.6 Å². The molecule has 7 nitrogen and oxygen atoms in total. The van der Waals surface area contributed by atoms with Crippen LogP contribution in [-0.4, -0.2) is 51.9 Å². The second kappa shape index (κ2) is 8.91. The number of carbonyl (C=O) groups is 1. The first-order valence-corrected chi connectivity index (χ1v) is 9.15. The molecule has 0 aliphatic carbocycles. The Labute approximate surface area is 154 Å². The third-order valence-electron chi connectivity index (χ3n) is 4.69. The summed E-state index contributed by atoms with van der Waals surface area (Å²) in [6, 6.07) is 7.56. The lowest BCUT2D eigenvalue weighted by molar-refractivity contribution is -0.120. The summed E-state index contributed by atoms with van der Waals surface area (Å²) in [5.74, 6) is 0.637. The highest BCUT2D eigenvalue weighted by molar-refractivity contribution is 5.94. The lowest BCUT2D eigenvalue weighted by Gasteiger charge is -2.24. The molecule has 3 rings (SSSR count). The van der Waals surface area contributed by atoms with E-state index in [2.05, 4.69) is 20.3 Å². The zero-order valence-corrected chi connectivity index (χ0v) is 15.5. The molecule has 26 heavy (non-hydrogen) atoms. The molecule has 0 radical (unpaired) electrons. The highest BCUT2D eigenvalue weighted by Gasteiger charge is 2.31. The summed E-state index contributed by atoms with van der Waals surface area (Å²) < 4.78 is 7.12. The number of aromatic nitrogens is 3. The van der Waals surface area contributed by atoms with Gasteiger partial charge in [-0.2, -0.15) is 5.10 Å². The van der Waals surface area contributed by atoms with E-state index in [1.807, 2.05) is 42.1 Å². The van der Waals surface area contributed by atoms with Crippen LogP contribution >= 0.6 is 0 Å². The Morgan fingerprint density at radius 2 is 2.27 bits per heavy atom. The number of likely N-dealkylation sites (tertiary alicyclic amines) is 1. The number of aryl methyl sites for hydroxylation is 2. The van der Waals surface area contributed by atoms with E-state index in [1.54, 1.807) is 7.11 Å². The molecule has 140 valence electrons. The number of methoxy groups -OCH3 is 1. The normalized spacial score (nSPS) is 17.5. The van der Waals surface area contributed by atoms with E-state index in [0.29, 0.717) is 5.82 Å². The van der Waals surface area contributed by atoms with Gasteiger partial charge in [-0.3, -0.25) is 14.4 Å². The van der Waals surface area contributed by atoms with Gasteiger partial charge in [0.15, 0.2) is 0 Å². The Balaban J connectivity index is 1.61. The third kappa shape index (κ3) is 4.68. The van der Waals surface area contributed by atoms with Crippen molar-refractivity contribution in [2.24, 2.45) is 0 Å². The van der Waals surface area contributed by atoms with E-state index in [9.17, 15) is 4.79 Å². The Hall–Kier alpha value is -2.25. The Bertz CT molecular complexity index is 730. The van der Waals surface area contributed by atoms with E-state index in [-0.39, 0.29) is 11.9 Å². The van der Waals surface area contributed by atoms with Gasteiger partial charge in [-0.25, -0.2) is 4.98 Å². The largest absolute Gasteiger partial charge is 0.385 e. The molecule has 0 saturated carbocycles. The van der Waals surface area contributed by atoms with Gasteiger partial charge in [-0.1, -0.05) is 6.07 Å². The number of carbonyl (C=O) groups excluding carboxylic acids is 1. The molecule has 0 bridgehead atoms. The molecule has 7 heteroatoms. The maximum atomic E-state index is 12.7. The number of nitrogens with zero attached hydrogens (tertiary/aromatic N) is 4. The van der Waals surface area contributed by atoms with Crippen molar-refractivity contribution in [1.82, 2.24) is 19.7 Å². The standard InChI is InChI=1S/C19H27N5O2/c1-15-6-3-8-18(21-15)22-19(25)17-7-4-11-23(17)14-16-9-10-20-24(16)12-5-13-26-2/h3,6,8-10,17H,4-5,7,11-14H2,1-2H3,(H,21,22,25)/t17-/m0/s1. The number of hydrogen-bond donors (Lipinski definition) is 1. The van der Waals surface area contributed by atoms with Gasteiger partial charge < -0.3 is 10.1 Å². The highest BCUT2D eigenvalue weighted by Crippen LogP contribution is 2.21. The number of nitrogens with one attached hydrogen (secondary N) is 1. The minimum absolute atomic E-state index is 0.0195. The zero-order valence-electron chi connectivity index (χ0n) is 15.5. The predicted molar refractivity (Wildman–Crippen MR) is 99.8 cm³/mol. The summed E-state index contributed by atoms with van der Waals surface area (Å²) in [6.07, 6.45) is 4.64. The minimum Gasteiger partial charge on any atom is -0.385 e. The number of rotatable bonds is 8. The molecule has 1 fully saturated rings. The fraction of sp³-hybridized carbons (Fsp3) is 0.526. The number of ether oxygens (including phenoxy) is 1. The molecule has 0 aromatic carbocycles. The van der Waals surface area contributed by atoms with Crippen molar-refractivity contribution < 1.29 is 9.53 Å². The van der Waals surface area contributed by atoms with Crippen LogP contribution < -0.4 is 5.32 Å². The maximum Gasteiger partial charge on any atom is 0.242 e. The summed E-state index contributed by atoms with van der Waals surface area (Å²) in [5, 5.41) is 7.36. The van der Waals surface area contributed by atoms with E-state index in [4.69, 9.17) is 4.74 Å². The molecular weight excluding hydrogens is 330 g/mol. The van der Waals surface area contributed by atoms with Gasteiger partial charge >= 0.3 is 0 Å². The highest BCUT2D eigenvalue weighted by atomic mass is 16.5. The van der Waals surface area contributed by atoms with E-state index in [1.165, 1.54) is 0 Å². The first-order valence-electron chi connectivity index (χ1n) is 9.15. The first kappa shape index (κ1) is 18.5. The molecule has 0 spiro atoms. The van der Waals surface area contributed by atoms with Crippen molar-refractivity contribution in [3.63, 3.8) is 0 Å². The van der Waals surface area contributed by atoms with Crippen molar-refractivity contribution in [1.29, 1.82) is 0 Å². The summed E-state index contributed by atoms with van der Waals surface area (Å²) in [6.45, 7) is 5.11. The van der Waals surface area contributed by atoms with Gasteiger partial charge in [0.1, 0.15) is 5.82 Å². The van der Waals surface area contributed by atoms with Gasteiger partial charge in [0, 0.05) is 38.7 Å². The van der Waals surface area contributed by atoms with Gasteiger partial charge in [0.05, 0.1) is 11.7 Å². The second-order valence-electron chi connectivity index (χ2n) is 6.67. The molecule has 1 aliphatic heterocycles. The van der Waals surface area contributed by atoms with Crippen molar-refractivity contribution >= 4 is 11.7 Å². The SMILES string of the molecule is COCCCn1nccc1CN1CCC[C@H]1C(=O)Nc1cccc(C)n1. The molecule has 2 aromatic rings. The molecule has 0 unspecified atom stereocenters. The van der Waals surface area contributed by atoms with Gasteiger partial charge in [0.2, 0.25) is 5.91 Å². The fourth-order valence-corrected chi connectivity index (χ4v) is 3.40. The van der Waals surface area contributed by atoms with Crippen LogP contribution in [0.3, 0.4) is 0 Å². The lowest BCUT2D eigenvalue weighted by atomic mass is 10.2. The molecule has 1 N–H and O–H groups in total. The van der Waals surface area contributed by atoms with Crippen LogP contribution in [0, 0.1) is 6.92 Å². The van der Waals surface area contributed by atoms with E-state index >= 15 is 0 Å². The minimum atomic E-state index is -0.125. The van der Waals surface area contributed by atoms with Crippen LogP contribution in [0.25, 0.3) is 0 Å². The number of anilines is 1. The van der Waals surface area contributed by atoms with Gasteiger partial charge in [0.25, 0.3) is 0 Å². The summed E-state index contributed by atoms with van der Waals surface area (Å²) in [4.78, 5) is 19.3. The molecule has 3 heterocycles. The lowest BCUT2D eigenvalue weighted by Crippen LogP contribution is -2.39. The van der Waals surface area contributed by atoms with E-state index < -0.39 is 0 Å². The van der Waals surface area contributed by atoms with Gasteiger partial charge in [-0.05, 0) is 50.9 Å². The Morgan fingerprint density at radius 1 is 1.38 bits per heavy atom. The topological polar surface area (TPSA) is 72.3 Å². The van der Waals surface area contributed by atoms with Crippen LogP contribution in [0.1, 0.15) is 30.7 Å². The molecule has 1 aliphatic rings. The average molecular weight is 357 g/mol. The van der Waals surface area contributed by atoms with Crippen LogP contribution in [0.2, 0.25) is 0 Å².